The zero-order chi connectivity index (χ0) is 23.4. The Morgan fingerprint density at radius 3 is 2.24 bits per heavy atom. The lowest BCUT2D eigenvalue weighted by molar-refractivity contribution is -0.131. The van der Waals surface area contributed by atoms with E-state index in [1.807, 2.05) is 11.8 Å². The summed E-state index contributed by atoms with van der Waals surface area (Å²) in [6, 6.07) is 12.5. The number of amides is 1. The Labute approximate surface area is 198 Å². The number of carbonyl (C=O) groups is 1. The molecule has 1 saturated heterocycles. The van der Waals surface area contributed by atoms with E-state index in [-0.39, 0.29) is 17.0 Å². The van der Waals surface area contributed by atoms with Crippen molar-refractivity contribution in [3.63, 3.8) is 0 Å². The van der Waals surface area contributed by atoms with E-state index in [9.17, 15) is 18.0 Å². The van der Waals surface area contributed by atoms with Gasteiger partial charge in [-0.2, -0.15) is 8.78 Å². The summed E-state index contributed by atoms with van der Waals surface area (Å²) in [5.41, 5.74) is 1.31. The molecule has 0 saturated carbocycles. The van der Waals surface area contributed by atoms with Gasteiger partial charge in [0.1, 0.15) is 5.82 Å². The minimum absolute atomic E-state index is 0.0567. The molecule has 10 heteroatoms. The first-order chi connectivity index (χ1) is 15.9. The molecule has 1 fully saturated rings. The van der Waals surface area contributed by atoms with E-state index in [1.54, 1.807) is 41.0 Å². The number of piperidine rings is 1. The Morgan fingerprint density at radius 2 is 1.61 bits per heavy atom. The van der Waals surface area contributed by atoms with E-state index in [4.69, 9.17) is 0 Å². The number of hydrogen-bond donors (Lipinski definition) is 0. The fraction of sp³-hybridized carbons (Fsp3) is 0.348. The fourth-order valence-electron chi connectivity index (χ4n) is 3.72. The molecule has 0 radical (unpaired) electrons. The molecule has 1 aromatic heterocycles. The first kappa shape index (κ1) is 23.7. The van der Waals surface area contributed by atoms with Crippen molar-refractivity contribution in [2.75, 3.05) is 13.1 Å². The zero-order valence-corrected chi connectivity index (χ0v) is 19.6. The number of hydrogen-bond acceptors (Lipinski definition) is 5. The average Bonchev–Trinajstić information content (AvgIpc) is 3.23. The molecule has 1 atom stereocenters. The van der Waals surface area contributed by atoms with Crippen LogP contribution in [0.3, 0.4) is 0 Å². The lowest BCUT2D eigenvalue weighted by Gasteiger charge is -2.28. The maximum atomic E-state index is 13.5. The number of rotatable bonds is 7. The Morgan fingerprint density at radius 1 is 0.939 bits per heavy atom. The first-order valence-corrected chi connectivity index (χ1v) is 12.4. The topological polar surface area (TPSA) is 51.0 Å². The second-order valence-corrected chi connectivity index (χ2v) is 10.0. The van der Waals surface area contributed by atoms with Gasteiger partial charge in [0.25, 0.3) is 5.76 Å². The standard InChI is InChI=1S/C23H23F3N4OS2/c1-15(21(31)29-13-3-2-4-14-29)32-23-28-27-20(16-5-7-17(24)8-6-16)30(23)18-9-11-19(12-10-18)33-22(25)26/h5-12,15,22H,2-4,13-14H2,1H3. The van der Waals surface area contributed by atoms with Gasteiger partial charge in [-0.1, -0.05) is 23.5 Å². The number of carbonyl (C=O) groups excluding carboxylic acids is 1. The molecule has 0 spiro atoms. The number of thioether (sulfide) groups is 2. The first-order valence-electron chi connectivity index (χ1n) is 10.6. The normalized spacial score (nSPS) is 15.1. The van der Waals surface area contributed by atoms with E-state index in [1.165, 1.54) is 23.9 Å². The lowest BCUT2D eigenvalue weighted by atomic mass is 10.1. The van der Waals surface area contributed by atoms with Crippen molar-refractivity contribution in [2.45, 2.75) is 47.2 Å². The molecule has 1 amide bonds. The highest BCUT2D eigenvalue weighted by Gasteiger charge is 2.26. The fourth-order valence-corrected chi connectivity index (χ4v) is 5.17. The van der Waals surface area contributed by atoms with E-state index >= 15 is 0 Å². The minimum Gasteiger partial charge on any atom is -0.342 e. The summed E-state index contributed by atoms with van der Waals surface area (Å²) in [6.45, 7) is 3.38. The summed E-state index contributed by atoms with van der Waals surface area (Å²) in [5.74, 6) is -2.34. The van der Waals surface area contributed by atoms with Gasteiger partial charge < -0.3 is 4.90 Å². The predicted octanol–water partition coefficient (Wildman–Crippen LogP) is 5.88. The predicted molar refractivity (Wildman–Crippen MR) is 124 cm³/mol. The largest absolute Gasteiger partial charge is 0.342 e. The van der Waals surface area contributed by atoms with E-state index in [0.29, 0.717) is 38.9 Å². The molecule has 4 rings (SSSR count). The van der Waals surface area contributed by atoms with Crippen LogP contribution in [0, 0.1) is 5.82 Å². The average molecular weight is 493 g/mol. The third-order valence-electron chi connectivity index (χ3n) is 5.35. The van der Waals surface area contributed by atoms with Crippen molar-refractivity contribution in [2.24, 2.45) is 0 Å². The zero-order valence-electron chi connectivity index (χ0n) is 18.0. The molecule has 0 bridgehead atoms. The third kappa shape index (κ3) is 5.73. The van der Waals surface area contributed by atoms with Crippen molar-refractivity contribution in [1.29, 1.82) is 0 Å². The molecule has 2 heterocycles. The summed E-state index contributed by atoms with van der Waals surface area (Å²) in [6.07, 6.45) is 3.16. The number of aromatic nitrogens is 3. The highest BCUT2D eigenvalue weighted by Crippen LogP contribution is 2.33. The second-order valence-electron chi connectivity index (χ2n) is 7.67. The van der Waals surface area contributed by atoms with Gasteiger partial charge in [-0.05, 0) is 74.7 Å². The molecular formula is C23H23F3N4OS2. The maximum absolute atomic E-state index is 13.5. The van der Waals surface area contributed by atoms with Crippen molar-refractivity contribution >= 4 is 29.4 Å². The molecule has 2 aromatic carbocycles. The van der Waals surface area contributed by atoms with Crippen LogP contribution in [0.2, 0.25) is 0 Å². The van der Waals surface area contributed by atoms with Crippen molar-refractivity contribution in [1.82, 2.24) is 19.7 Å². The van der Waals surface area contributed by atoms with Gasteiger partial charge >= 0.3 is 0 Å². The van der Waals surface area contributed by atoms with Crippen LogP contribution < -0.4 is 0 Å². The van der Waals surface area contributed by atoms with Crippen molar-refractivity contribution in [3.05, 3.63) is 54.3 Å². The highest BCUT2D eigenvalue weighted by atomic mass is 32.2. The highest BCUT2D eigenvalue weighted by molar-refractivity contribution is 8.00. The molecule has 1 aliphatic heterocycles. The monoisotopic (exact) mass is 492 g/mol. The van der Waals surface area contributed by atoms with Gasteiger partial charge in [-0.15, -0.1) is 10.2 Å². The minimum atomic E-state index is -2.51. The summed E-state index contributed by atoms with van der Waals surface area (Å²) < 4.78 is 40.7. The third-order valence-corrected chi connectivity index (χ3v) is 7.11. The maximum Gasteiger partial charge on any atom is 0.288 e. The van der Waals surface area contributed by atoms with Crippen molar-refractivity contribution < 1.29 is 18.0 Å². The van der Waals surface area contributed by atoms with Gasteiger partial charge in [0.15, 0.2) is 11.0 Å². The second kappa shape index (κ2) is 10.6. The molecular weight excluding hydrogens is 469 g/mol. The molecule has 174 valence electrons. The van der Waals surface area contributed by atoms with Crippen LogP contribution >= 0.6 is 23.5 Å². The van der Waals surface area contributed by atoms with Crippen LogP contribution in [0.1, 0.15) is 26.2 Å². The summed E-state index contributed by atoms with van der Waals surface area (Å²) >= 11 is 1.77. The summed E-state index contributed by atoms with van der Waals surface area (Å²) in [7, 11) is 0. The molecule has 1 aliphatic rings. The Balaban J connectivity index is 1.66. The summed E-state index contributed by atoms with van der Waals surface area (Å²) in [4.78, 5) is 15.3. The SMILES string of the molecule is CC(Sc1nnc(-c2ccc(F)cc2)n1-c1ccc(SC(F)F)cc1)C(=O)N1CCCCC1. The van der Waals surface area contributed by atoms with Gasteiger partial charge in [0, 0.05) is 29.2 Å². The molecule has 0 N–H and O–H groups in total. The number of halogens is 3. The van der Waals surface area contributed by atoms with Crippen LogP contribution in [-0.4, -0.2) is 49.7 Å². The Hall–Kier alpha value is -2.46. The Bertz CT molecular complexity index is 1080. The van der Waals surface area contributed by atoms with Gasteiger partial charge in [-0.3, -0.25) is 9.36 Å². The van der Waals surface area contributed by atoms with E-state index in [2.05, 4.69) is 10.2 Å². The number of benzene rings is 2. The molecule has 0 aliphatic carbocycles. The van der Waals surface area contributed by atoms with Gasteiger partial charge in [0.05, 0.1) is 5.25 Å². The van der Waals surface area contributed by atoms with Crippen molar-refractivity contribution in [3.8, 4) is 17.1 Å². The summed E-state index contributed by atoms with van der Waals surface area (Å²) in [5, 5.41) is 8.75. The van der Waals surface area contributed by atoms with E-state index < -0.39 is 5.76 Å². The number of alkyl halides is 2. The Kier molecular flexibility index (Phi) is 7.64. The van der Waals surface area contributed by atoms with Gasteiger partial charge in [0.2, 0.25) is 5.91 Å². The molecule has 1 unspecified atom stereocenters. The van der Waals surface area contributed by atoms with Crippen LogP contribution in [0.25, 0.3) is 17.1 Å². The van der Waals surface area contributed by atoms with E-state index in [0.717, 1.165) is 32.4 Å². The van der Waals surface area contributed by atoms with Crippen LogP contribution in [0.15, 0.2) is 58.6 Å². The van der Waals surface area contributed by atoms with Crippen LogP contribution in [-0.2, 0) is 4.79 Å². The lowest BCUT2D eigenvalue weighted by Crippen LogP contribution is -2.40. The van der Waals surface area contributed by atoms with Crippen LogP contribution in [0.4, 0.5) is 13.2 Å². The smallest absolute Gasteiger partial charge is 0.288 e. The number of nitrogens with zero attached hydrogens (tertiary/aromatic N) is 4. The molecule has 5 nitrogen and oxygen atoms in total. The molecule has 33 heavy (non-hydrogen) atoms. The van der Waals surface area contributed by atoms with Crippen LogP contribution in [0.5, 0.6) is 0 Å². The number of likely N-dealkylation sites (tertiary alicyclic amines) is 1. The quantitative estimate of drug-likeness (QED) is 0.386. The molecule has 3 aromatic rings. The van der Waals surface area contributed by atoms with Gasteiger partial charge in [-0.25, -0.2) is 4.39 Å².